The number of rotatable bonds is 2. The van der Waals surface area contributed by atoms with Gasteiger partial charge in [0.1, 0.15) is 0 Å². The van der Waals surface area contributed by atoms with Gasteiger partial charge in [0.15, 0.2) is 0 Å². The quantitative estimate of drug-likeness (QED) is 0.791. The van der Waals surface area contributed by atoms with Crippen LogP contribution < -0.4 is 0 Å². The van der Waals surface area contributed by atoms with Crippen molar-refractivity contribution in [3.63, 3.8) is 0 Å². The van der Waals surface area contributed by atoms with Gasteiger partial charge in [-0.1, -0.05) is 30.3 Å². The van der Waals surface area contributed by atoms with E-state index in [-0.39, 0.29) is 0 Å². The molecule has 3 saturated heterocycles. The highest BCUT2D eigenvalue weighted by atomic mass is 32.2. The lowest BCUT2D eigenvalue weighted by Crippen LogP contribution is -2.39. The molecule has 2 bridgehead atoms. The lowest BCUT2D eigenvalue weighted by molar-refractivity contribution is 0.157. The van der Waals surface area contributed by atoms with Crippen LogP contribution in [0.5, 0.6) is 0 Å². The molecule has 0 aliphatic carbocycles. The zero-order valence-corrected chi connectivity index (χ0v) is 13.4. The summed E-state index contributed by atoms with van der Waals surface area (Å²) in [5, 5.41) is 0. The molecule has 0 radical (unpaired) electrons. The van der Waals surface area contributed by atoms with Gasteiger partial charge >= 0.3 is 0 Å². The van der Waals surface area contributed by atoms with Crippen molar-refractivity contribution in [2.24, 2.45) is 0 Å². The molecule has 3 fully saturated rings. The van der Waals surface area contributed by atoms with Crippen molar-refractivity contribution in [3.8, 4) is 0 Å². The number of benzene rings is 1. The maximum Gasteiger partial charge on any atom is 0.0394 e. The Morgan fingerprint density at radius 3 is 2.25 bits per heavy atom. The molecular formula is C17H21NS2. The molecule has 3 aliphatic rings. The molecule has 4 rings (SSSR count). The number of fused-ring (bicyclic) bond motifs is 2. The van der Waals surface area contributed by atoms with Gasteiger partial charge in [0.2, 0.25) is 0 Å². The first-order valence-electron chi connectivity index (χ1n) is 7.67. The first kappa shape index (κ1) is 13.3. The monoisotopic (exact) mass is 303 g/mol. The summed E-state index contributed by atoms with van der Waals surface area (Å²) in [4.78, 5) is 2.78. The van der Waals surface area contributed by atoms with Crippen LogP contribution in [0.4, 0.5) is 0 Å². The Bertz CT molecular complexity index is 487. The van der Waals surface area contributed by atoms with E-state index in [4.69, 9.17) is 0 Å². The Morgan fingerprint density at radius 2 is 1.60 bits per heavy atom. The summed E-state index contributed by atoms with van der Waals surface area (Å²) < 4.78 is 1.68. The summed E-state index contributed by atoms with van der Waals surface area (Å²) in [7, 11) is 0. The number of thioether (sulfide) groups is 2. The first-order chi connectivity index (χ1) is 9.90. The smallest absolute Gasteiger partial charge is 0.0394 e. The average molecular weight is 303 g/mol. The normalized spacial score (nSPS) is 30.2. The molecule has 1 nitrogen and oxygen atoms in total. The van der Waals surface area contributed by atoms with Gasteiger partial charge in [0.25, 0.3) is 0 Å². The van der Waals surface area contributed by atoms with Crippen molar-refractivity contribution in [1.29, 1.82) is 0 Å². The van der Waals surface area contributed by atoms with Crippen molar-refractivity contribution in [2.45, 2.75) is 44.3 Å². The summed E-state index contributed by atoms with van der Waals surface area (Å²) in [5.74, 6) is 2.65. The zero-order chi connectivity index (χ0) is 13.4. The van der Waals surface area contributed by atoms with E-state index in [9.17, 15) is 0 Å². The molecule has 106 valence electrons. The third kappa shape index (κ3) is 2.56. The molecule has 0 N–H and O–H groups in total. The third-order valence-electron chi connectivity index (χ3n) is 4.78. The molecule has 3 heteroatoms. The summed E-state index contributed by atoms with van der Waals surface area (Å²) in [6, 6.07) is 12.6. The van der Waals surface area contributed by atoms with Gasteiger partial charge < -0.3 is 0 Å². The van der Waals surface area contributed by atoms with Gasteiger partial charge in [0, 0.05) is 34.4 Å². The summed E-state index contributed by atoms with van der Waals surface area (Å²) in [5.41, 5.74) is 3.26. The fourth-order valence-corrected chi connectivity index (χ4v) is 6.45. The number of hydrogen-bond donors (Lipinski definition) is 0. The Hall–Kier alpha value is -0.380. The first-order valence-corrected chi connectivity index (χ1v) is 9.64. The van der Waals surface area contributed by atoms with E-state index in [2.05, 4.69) is 58.8 Å². The highest BCUT2D eigenvalue weighted by Crippen LogP contribution is 2.47. The molecule has 0 amide bonds. The Morgan fingerprint density at radius 1 is 0.950 bits per heavy atom. The molecule has 1 aromatic carbocycles. The minimum atomic E-state index is 0.804. The standard InChI is InChI=1S/C17H21NS2/c1-2-4-13(5-3-1)12-18-15-6-7-16(18)11-14(10-15)17-19-8-9-20-17/h1-5,15-16H,6-12H2. The van der Waals surface area contributed by atoms with Crippen LogP contribution in [0.2, 0.25) is 0 Å². The highest BCUT2D eigenvalue weighted by molar-refractivity contribution is 8.25. The second-order valence-corrected chi connectivity index (χ2v) is 8.51. The van der Waals surface area contributed by atoms with Crippen LogP contribution >= 0.6 is 23.5 Å². The van der Waals surface area contributed by atoms with Crippen LogP contribution in [0.1, 0.15) is 31.2 Å². The van der Waals surface area contributed by atoms with E-state index < -0.39 is 0 Å². The van der Waals surface area contributed by atoms with Crippen LogP contribution in [-0.2, 0) is 6.54 Å². The minimum Gasteiger partial charge on any atom is -0.293 e. The van der Waals surface area contributed by atoms with E-state index in [1.807, 2.05) is 0 Å². The van der Waals surface area contributed by atoms with Gasteiger partial charge in [-0.15, -0.1) is 23.5 Å². The molecule has 3 heterocycles. The van der Waals surface area contributed by atoms with Crippen LogP contribution in [0, 0.1) is 0 Å². The van der Waals surface area contributed by atoms with Gasteiger partial charge in [0.05, 0.1) is 0 Å². The number of piperidine rings is 1. The molecule has 3 aliphatic heterocycles. The number of hydrogen-bond acceptors (Lipinski definition) is 3. The van der Waals surface area contributed by atoms with Crippen molar-refractivity contribution in [3.05, 3.63) is 45.7 Å². The SMILES string of the molecule is c1ccc(CN2C3CCC2CC(=C2SCCS2)C3)cc1. The molecule has 1 aromatic rings. The molecule has 2 atom stereocenters. The van der Waals surface area contributed by atoms with Crippen LogP contribution in [0.25, 0.3) is 0 Å². The lowest BCUT2D eigenvalue weighted by atomic mass is 9.97. The van der Waals surface area contributed by atoms with Crippen molar-refractivity contribution in [1.82, 2.24) is 4.90 Å². The molecule has 20 heavy (non-hydrogen) atoms. The maximum atomic E-state index is 2.78. The zero-order valence-electron chi connectivity index (χ0n) is 11.8. The predicted octanol–water partition coefficient (Wildman–Crippen LogP) is 4.51. The number of nitrogens with zero attached hydrogens (tertiary/aromatic N) is 1. The molecule has 2 unspecified atom stereocenters. The van der Waals surface area contributed by atoms with Gasteiger partial charge in [-0.05, 0) is 36.8 Å². The second kappa shape index (κ2) is 5.78. The molecule has 0 aromatic heterocycles. The van der Waals surface area contributed by atoms with E-state index in [1.54, 1.807) is 9.81 Å². The van der Waals surface area contributed by atoms with E-state index in [1.165, 1.54) is 42.8 Å². The van der Waals surface area contributed by atoms with Gasteiger partial charge in [-0.2, -0.15) is 0 Å². The van der Waals surface area contributed by atoms with E-state index in [0.29, 0.717) is 0 Å². The Balaban J connectivity index is 1.50. The van der Waals surface area contributed by atoms with Gasteiger partial charge in [-0.3, -0.25) is 4.90 Å². The average Bonchev–Trinajstić information content (AvgIpc) is 3.08. The fraction of sp³-hybridized carbons (Fsp3) is 0.529. The third-order valence-corrected chi connectivity index (χ3v) is 7.67. The Kier molecular flexibility index (Phi) is 3.84. The van der Waals surface area contributed by atoms with Crippen LogP contribution in [-0.4, -0.2) is 28.5 Å². The highest BCUT2D eigenvalue weighted by Gasteiger charge is 2.39. The predicted molar refractivity (Wildman–Crippen MR) is 90.0 cm³/mol. The maximum absolute atomic E-state index is 2.78. The summed E-state index contributed by atoms with van der Waals surface area (Å²) in [6.45, 7) is 1.15. The summed E-state index contributed by atoms with van der Waals surface area (Å²) >= 11 is 4.22. The molecular weight excluding hydrogens is 282 g/mol. The minimum absolute atomic E-state index is 0.804. The largest absolute Gasteiger partial charge is 0.293 e. The van der Waals surface area contributed by atoms with Crippen molar-refractivity contribution in [2.75, 3.05) is 11.5 Å². The fourth-order valence-electron chi connectivity index (χ4n) is 3.84. The second-order valence-electron chi connectivity index (χ2n) is 6.04. The topological polar surface area (TPSA) is 3.24 Å². The molecule has 0 spiro atoms. The lowest BCUT2D eigenvalue weighted by Gasteiger charge is -2.36. The van der Waals surface area contributed by atoms with E-state index in [0.717, 1.165) is 18.6 Å². The van der Waals surface area contributed by atoms with Crippen molar-refractivity contribution < 1.29 is 0 Å². The van der Waals surface area contributed by atoms with E-state index >= 15 is 0 Å². The van der Waals surface area contributed by atoms with Crippen LogP contribution in [0.15, 0.2) is 40.1 Å². The van der Waals surface area contributed by atoms with Crippen LogP contribution in [0.3, 0.4) is 0 Å². The Labute approximate surface area is 130 Å². The summed E-state index contributed by atoms with van der Waals surface area (Å²) in [6.07, 6.45) is 5.48. The van der Waals surface area contributed by atoms with Gasteiger partial charge in [-0.25, -0.2) is 0 Å². The molecule has 0 saturated carbocycles. The van der Waals surface area contributed by atoms with Crippen molar-refractivity contribution >= 4 is 23.5 Å².